The normalized spacial score (nSPS) is 13.9. The Balaban J connectivity index is 2.40. The fraction of sp³-hybridized carbons (Fsp3) is 0.615. The average Bonchev–Trinajstić information content (AvgIpc) is 2.39. The second-order valence-corrected chi connectivity index (χ2v) is 5.57. The van der Waals surface area contributed by atoms with E-state index in [4.69, 9.17) is 0 Å². The number of aryl methyl sites for hydroxylation is 1. The van der Waals surface area contributed by atoms with Gasteiger partial charge in [0.1, 0.15) is 5.54 Å². The van der Waals surface area contributed by atoms with E-state index in [1.54, 1.807) is 11.8 Å². The van der Waals surface area contributed by atoms with E-state index in [0.29, 0.717) is 0 Å². The Morgan fingerprint density at radius 2 is 2.11 bits per heavy atom. The van der Waals surface area contributed by atoms with Crippen molar-refractivity contribution in [2.75, 3.05) is 12.3 Å². The molecule has 1 unspecified atom stereocenters. The molecule has 1 aromatic rings. The van der Waals surface area contributed by atoms with Gasteiger partial charge in [-0.25, -0.2) is 9.97 Å². The van der Waals surface area contributed by atoms with Gasteiger partial charge in [0.25, 0.3) is 0 Å². The van der Waals surface area contributed by atoms with Crippen molar-refractivity contribution in [1.29, 1.82) is 5.26 Å². The molecule has 4 nitrogen and oxygen atoms in total. The molecule has 5 heteroatoms. The third-order valence-electron chi connectivity index (χ3n) is 2.60. The van der Waals surface area contributed by atoms with Crippen molar-refractivity contribution in [3.63, 3.8) is 0 Å². The van der Waals surface area contributed by atoms with Gasteiger partial charge in [0.15, 0.2) is 5.16 Å². The first-order valence-corrected chi connectivity index (χ1v) is 7.16. The number of nitriles is 1. The quantitative estimate of drug-likeness (QED) is 0.606. The fourth-order valence-corrected chi connectivity index (χ4v) is 2.33. The van der Waals surface area contributed by atoms with Crippen LogP contribution >= 0.6 is 11.8 Å². The van der Waals surface area contributed by atoms with E-state index in [1.807, 2.05) is 26.2 Å². The Morgan fingerprint density at radius 3 is 2.67 bits per heavy atom. The summed E-state index contributed by atoms with van der Waals surface area (Å²) >= 11 is 1.59. The van der Waals surface area contributed by atoms with E-state index in [-0.39, 0.29) is 0 Å². The van der Waals surface area contributed by atoms with Crippen LogP contribution in [0.2, 0.25) is 0 Å². The molecule has 0 spiro atoms. The van der Waals surface area contributed by atoms with Gasteiger partial charge in [-0.2, -0.15) is 5.26 Å². The lowest BCUT2D eigenvalue weighted by Crippen LogP contribution is -2.41. The molecule has 0 amide bonds. The van der Waals surface area contributed by atoms with Crippen LogP contribution in [0.25, 0.3) is 0 Å². The number of hydrogen-bond acceptors (Lipinski definition) is 5. The van der Waals surface area contributed by atoms with Crippen LogP contribution in [0.4, 0.5) is 0 Å². The maximum Gasteiger partial charge on any atom is 0.187 e. The first-order chi connectivity index (χ1) is 8.59. The molecule has 1 rings (SSSR count). The fourth-order valence-electron chi connectivity index (χ4n) is 1.39. The number of thioether (sulfide) groups is 1. The minimum Gasteiger partial charge on any atom is -0.300 e. The van der Waals surface area contributed by atoms with Crippen molar-refractivity contribution in [3.05, 3.63) is 18.0 Å². The second kappa shape index (κ2) is 7.34. The van der Waals surface area contributed by atoms with E-state index in [9.17, 15) is 5.26 Å². The molecule has 0 saturated carbocycles. The summed E-state index contributed by atoms with van der Waals surface area (Å²) in [6.45, 7) is 6.88. The topological polar surface area (TPSA) is 61.6 Å². The molecule has 1 N–H and O–H groups in total. The van der Waals surface area contributed by atoms with Gasteiger partial charge in [0.05, 0.1) is 6.07 Å². The van der Waals surface area contributed by atoms with E-state index in [1.165, 1.54) is 0 Å². The lowest BCUT2D eigenvalue weighted by molar-refractivity contribution is 0.437. The molecule has 18 heavy (non-hydrogen) atoms. The van der Waals surface area contributed by atoms with Crippen molar-refractivity contribution in [2.45, 2.75) is 44.3 Å². The third kappa shape index (κ3) is 5.03. The maximum absolute atomic E-state index is 9.19. The zero-order chi connectivity index (χ0) is 13.4. The molecular weight excluding hydrogens is 244 g/mol. The van der Waals surface area contributed by atoms with Crippen LogP contribution in [0.1, 0.15) is 32.3 Å². The van der Waals surface area contributed by atoms with Crippen LogP contribution in [0.15, 0.2) is 17.6 Å². The number of nitrogens with one attached hydrogen (secondary N) is 1. The smallest absolute Gasteiger partial charge is 0.187 e. The van der Waals surface area contributed by atoms with Crippen LogP contribution in [-0.2, 0) is 0 Å². The average molecular weight is 264 g/mol. The second-order valence-electron chi connectivity index (χ2n) is 4.51. The van der Waals surface area contributed by atoms with Gasteiger partial charge in [0, 0.05) is 18.1 Å². The number of nitrogens with zero attached hydrogens (tertiary/aromatic N) is 3. The Kier molecular flexibility index (Phi) is 6.10. The molecule has 98 valence electrons. The van der Waals surface area contributed by atoms with Crippen LogP contribution in [-0.4, -0.2) is 27.8 Å². The van der Waals surface area contributed by atoms with Crippen molar-refractivity contribution in [1.82, 2.24) is 15.3 Å². The minimum atomic E-state index is -0.451. The molecule has 0 saturated heterocycles. The van der Waals surface area contributed by atoms with Crippen molar-refractivity contribution in [3.8, 4) is 6.07 Å². The zero-order valence-electron chi connectivity index (χ0n) is 11.2. The summed E-state index contributed by atoms with van der Waals surface area (Å²) in [4.78, 5) is 8.47. The van der Waals surface area contributed by atoms with Gasteiger partial charge >= 0.3 is 0 Å². The highest BCUT2D eigenvalue weighted by Gasteiger charge is 2.22. The lowest BCUT2D eigenvalue weighted by Gasteiger charge is -2.22. The van der Waals surface area contributed by atoms with Crippen LogP contribution in [0.5, 0.6) is 0 Å². The summed E-state index contributed by atoms with van der Waals surface area (Å²) in [6.07, 6.45) is 5.44. The first-order valence-electron chi connectivity index (χ1n) is 6.17. The summed E-state index contributed by atoms with van der Waals surface area (Å²) in [6, 6.07) is 2.34. The Labute approximate surface area is 113 Å². The summed E-state index contributed by atoms with van der Waals surface area (Å²) in [5.41, 5.74) is 0.610. The zero-order valence-corrected chi connectivity index (χ0v) is 12.0. The Hall–Kier alpha value is -1.12. The summed E-state index contributed by atoms with van der Waals surface area (Å²) < 4.78 is 0. The van der Waals surface area contributed by atoms with E-state index in [2.05, 4.69) is 28.3 Å². The molecule has 1 aromatic heterocycles. The standard InChI is InChI=1S/C13H20N4S/c1-4-6-17-13(3,10-14)5-7-18-12-15-8-11(2)9-16-12/h8-9,17H,4-7H2,1-3H3. The molecular formula is C13H20N4S. The first kappa shape index (κ1) is 14.9. The van der Waals surface area contributed by atoms with E-state index < -0.39 is 5.54 Å². The molecule has 1 atom stereocenters. The van der Waals surface area contributed by atoms with Crippen LogP contribution < -0.4 is 5.32 Å². The predicted molar refractivity (Wildman–Crippen MR) is 74.4 cm³/mol. The maximum atomic E-state index is 9.19. The van der Waals surface area contributed by atoms with E-state index >= 15 is 0 Å². The van der Waals surface area contributed by atoms with Crippen molar-refractivity contribution < 1.29 is 0 Å². The Morgan fingerprint density at radius 1 is 1.44 bits per heavy atom. The molecule has 1 heterocycles. The lowest BCUT2D eigenvalue weighted by atomic mass is 10.0. The van der Waals surface area contributed by atoms with Gasteiger partial charge < -0.3 is 0 Å². The minimum absolute atomic E-state index is 0.451. The monoisotopic (exact) mass is 264 g/mol. The predicted octanol–water partition coefficient (Wildman–Crippen LogP) is 2.55. The molecule has 0 fully saturated rings. The number of aromatic nitrogens is 2. The van der Waals surface area contributed by atoms with E-state index in [0.717, 1.165) is 35.9 Å². The molecule has 0 aliphatic carbocycles. The highest BCUT2D eigenvalue weighted by Crippen LogP contribution is 2.18. The van der Waals surface area contributed by atoms with Gasteiger partial charge in [-0.3, -0.25) is 5.32 Å². The summed E-state index contributed by atoms with van der Waals surface area (Å²) in [5.74, 6) is 0.837. The largest absolute Gasteiger partial charge is 0.300 e. The third-order valence-corrected chi connectivity index (χ3v) is 3.48. The SMILES string of the molecule is CCCNC(C)(C#N)CCSc1ncc(C)cn1. The highest BCUT2D eigenvalue weighted by molar-refractivity contribution is 7.99. The highest BCUT2D eigenvalue weighted by atomic mass is 32.2. The molecule has 0 aromatic carbocycles. The Bertz CT molecular complexity index is 398. The van der Waals surface area contributed by atoms with Gasteiger partial charge in [-0.15, -0.1) is 0 Å². The van der Waals surface area contributed by atoms with Crippen LogP contribution in [0, 0.1) is 18.3 Å². The number of rotatable bonds is 7. The summed E-state index contributed by atoms with van der Waals surface area (Å²) in [7, 11) is 0. The molecule has 0 aliphatic heterocycles. The van der Waals surface area contributed by atoms with Crippen molar-refractivity contribution in [2.24, 2.45) is 0 Å². The van der Waals surface area contributed by atoms with Crippen LogP contribution in [0.3, 0.4) is 0 Å². The van der Waals surface area contributed by atoms with Crippen molar-refractivity contribution >= 4 is 11.8 Å². The molecule has 0 aliphatic rings. The molecule has 0 radical (unpaired) electrons. The number of hydrogen-bond donors (Lipinski definition) is 1. The van der Waals surface area contributed by atoms with Gasteiger partial charge in [-0.1, -0.05) is 18.7 Å². The molecule has 0 bridgehead atoms. The van der Waals surface area contributed by atoms with Gasteiger partial charge in [-0.05, 0) is 38.8 Å². The summed E-state index contributed by atoms with van der Waals surface area (Å²) in [5, 5.41) is 13.2. The van der Waals surface area contributed by atoms with Gasteiger partial charge in [0.2, 0.25) is 0 Å².